The van der Waals surface area contributed by atoms with Crippen LogP contribution in [0.5, 0.6) is 0 Å². The van der Waals surface area contributed by atoms with Crippen molar-refractivity contribution in [2.24, 2.45) is 0 Å². The van der Waals surface area contributed by atoms with Crippen molar-refractivity contribution in [2.75, 3.05) is 5.32 Å². The first-order chi connectivity index (χ1) is 9.73. The molecule has 5 heteroatoms. The molecule has 0 unspecified atom stereocenters. The maximum atomic E-state index is 14.0. The Morgan fingerprint density at radius 3 is 2.65 bits per heavy atom. The summed E-state index contributed by atoms with van der Waals surface area (Å²) in [5.74, 6) is 0.343. The van der Waals surface area contributed by atoms with E-state index >= 15 is 0 Å². The van der Waals surface area contributed by atoms with E-state index in [2.05, 4.69) is 27.1 Å². The molecule has 2 aromatic rings. The van der Waals surface area contributed by atoms with Crippen molar-refractivity contribution < 1.29 is 4.39 Å². The topological polar surface area (TPSA) is 50.7 Å². The molecule has 1 aliphatic rings. The molecule has 2 heterocycles. The maximum absolute atomic E-state index is 14.0. The first-order valence-electron chi connectivity index (χ1n) is 6.59. The van der Waals surface area contributed by atoms with E-state index in [0.717, 1.165) is 19.3 Å². The Balaban J connectivity index is 1.89. The maximum Gasteiger partial charge on any atom is 0.149 e. The van der Waals surface area contributed by atoms with Crippen LogP contribution in [-0.4, -0.2) is 15.2 Å². The van der Waals surface area contributed by atoms with E-state index in [-0.39, 0.29) is 5.82 Å². The summed E-state index contributed by atoms with van der Waals surface area (Å²) in [5, 5.41) is 11.4. The summed E-state index contributed by atoms with van der Waals surface area (Å²) in [4.78, 5) is 4.20. The third kappa shape index (κ3) is 2.15. The van der Waals surface area contributed by atoms with Crippen LogP contribution in [0.25, 0.3) is 6.08 Å². The van der Waals surface area contributed by atoms with Crippen LogP contribution >= 0.6 is 0 Å². The van der Waals surface area contributed by atoms with Crippen LogP contribution in [0.4, 0.5) is 10.2 Å². The minimum absolute atomic E-state index is 0.282. The van der Waals surface area contributed by atoms with E-state index in [0.29, 0.717) is 17.2 Å². The number of aromatic nitrogens is 3. The molecule has 0 aromatic carbocycles. The first-order valence-corrected chi connectivity index (χ1v) is 6.59. The van der Waals surface area contributed by atoms with Gasteiger partial charge in [-0.05, 0) is 49.6 Å². The molecular weight excluding hydrogens is 255 g/mol. The molecule has 20 heavy (non-hydrogen) atoms. The number of nitrogens with one attached hydrogen (secondary N) is 1. The van der Waals surface area contributed by atoms with Gasteiger partial charge in [-0.2, -0.15) is 0 Å². The zero-order valence-corrected chi connectivity index (χ0v) is 11.0. The molecule has 3 rings (SSSR count). The van der Waals surface area contributed by atoms with Gasteiger partial charge in [-0.3, -0.25) is 4.98 Å². The summed E-state index contributed by atoms with van der Waals surface area (Å²) in [5.41, 5.74) is 0.707. The van der Waals surface area contributed by atoms with Gasteiger partial charge < -0.3 is 5.32 Å². The van der Waals surface area contributed by atoms with Gasteiger partial charge in [-0.15, -0.1) is 10.2 Å². The van der Waals surface area contributed by atoms with Gasteiger partial charge in [0.15, 0.2) is 0 Å². The number of hydrogen-bond donors (Lipinski definition) is 1. The lowest BCUT2D eigenvalue weighted by Crippen LogP contribution is -2.43. The van der Waals surface area contributed by atoms with Crippen LogP contribution in [0.3, 0.4) is 0 Å². The molecule has 0 spiro atoms. The van der Waals surface area contributed by atoms with Crippen molar-refractivity contribution in [1.82, 2.24) is 15.2 Å². The largest absolute Gasteiger partial charge is 0.357 e. The second-order valence-electron chi connectivity index (χ2n) is 4.94. The van der Waals surface area contributed by atoms with Crippen LogP contribution < -0.4 is 5.32 Å². The normalized spacial score (nSPS) is 16.2. The van der Waals surface area contributed by atoms with Crippen LogP contribution in [0.1, 0.15) is 30.7 Å². The highest BCUT2D eigenvalue weighted by molar-refractivity contribution is 5.46. The van der Waals surface area contributed by atoms with E-state index in [4.69, 9.17) is 0 Å². The van der Waals surface area contributed by atoms with Crippen molar-refractivity contribution >= 4 is 11.9 Å². The summed E-state index contributed by atoms with van der Waals surface area (Å²) >= 11 is 0. The number of hydrogen-bond acceptors (Lipinski definition) is 4. The summed E-state index contributed by atoms with van der Waals surface area (Å²) < 4.78 is 14.0. The van der Waals surface area contributed by atoms with Crippen molar-refractivity contribution in [2.45, 2.75) is 24.8 Å². The fourth-order valence-electron chi connectivity index (χ4n) is 2.45. The van der Waals surface area contributed by atoms with Crippen LogP contribution in [0, 0.1) is 5.82 Å². The third-order valence-corrected chi connectivity index (χ3v) is 3.68. The number of anilines is 1. The Labute approximate surface area is 116 Å². The predicted octanol–water partition coefficient (Wildman–Crippen LogP) is 3.15. The highest BCUT2D eigenvalue weighted by Gasteiger charge is 2.42. The first kappa shape index (κ1) is 12.7. The molecule has 1 aliphatic carbocycles. The van der Waals surface area contributed by atoms with Gasteiger partial charge in [-0.25, -0.2) is 4.39 Å². The fraction of sp³-hybridized carbons (Fsp3) is 0.267. The summed E-state index contributed by atoms with van der Waals surface area (Å²) in [6.07, 6.45) is 5.97. The van der Waals surface area contributed by atoms with Gasteiger partial charge in [0.25, 0.3) is 0 Å². The number of halogens is 1. The molecule has 1 saturated carbocycles. The van der Waals surface area contributed by atoms with Crippen LogP contribution in [0.2, 0.25) is 0 Å². The third-order valence-electron chi connectivity index (χ3n) is 3.68. The molecule has 0 atom stereocenters. The van der Waals surface area contributed by atoms with E-state index < -0.39 is 5.54 Å². The lowest BCUT2D eigenvalue weighted by Gasteiger charge is -2.42. The molecule has 0 radical (unpaired) electrons. The molecule has 102 valence electrons. The summed E-state index contributed by atoms with van der Waals surface area (Å²) in [7, 11) is 0. The van der Waals surface area contributed by atoms with E-state index in [1.165, 1.54) is 6.07 Å². The molecule has 0 aliphatic heterocycles. The Bertz CT molecular complexity index is 620. The highest BCUT2D eigenvalue weighted by Crippen LogP contribution is 2.43. The van der Waals surface area contributed by atoms with Crippen molar-refractivity contribution in [3.8, 4) is 0 Å². The second kappa shape index (κ2) is 5.00. The monoisotopic (exact) mass is 270 g/mol. The second-order valence-corrected chi connectivity index (χ2v) is 4.94. The van der Waals surface area contributed by atoms with Crippen LogP contribution in [-0.2, 0) is 5.54 Å². The highest BCUT2D eigenvalue weighted by atomic mass is 19.1. The minimum atomic E-state index is -0.463. The Morgan fingerprint density at radius 2 is 2.10 bits per heavy atom. The van der Waals surface area contributed by atoms with Crippen LogP contribution in [0.15, 0.2) is 37.0 Å². The van der Waals surface area contributed by atoms with Gasteiger partial charge in [0.2, 0.25) is 0 Å². The standard InChI is InChI=1S/C15H15FN4/c1-2-11-6-7-13(20-19-11)18-15(8-4-9-15)14-12(16)5-3-10-17-14/h2-3,5-7,10H,1,4,8-9H2,(H,18,20). The average Bonchev–Trinajstić information content (AvgIpc) is 2.44. The molecular formula is C15H15FN4. The Kier molecular flexibility index (Phi) is 3.18. The van der Waals surface area contributed by atoms with Gasteiger partial charge in [0, 0.05) is 6.20 Å². The molecule has 1 N–H and O–H groups in total. The molecule has 4 nitrogen and oxygen atoms in total. The number of nitrogens with zero attached hydrogens (tertiary/aromatic N) is 3. The average molecular weight is 270 g/mol. The smallest absolute Gasteiger partial charge is 0.149 e. The quantitative estimate of drug-likeness (QED) is 0.927. The SMILES string of the molecule is C=Cc1ccc(NC2(c3ncccc3F)CCC2)nn1. The van der Waals surface area contributed by atoms with Gasteiger partial charge in [-0.1, -0.05) is 6.58 Å². The van der Waals surface area contributed by atoms with E-state index in [1.54, 1.807) is 18.3 Å². The Morgan fingerprint density at radius 1 is 1.25 bits per heavy atom. The number of rotatable bonds is 4. The molecule has 0 saturated heterocycles. The molecule has 2 aromatic heterocycles. The fourth-order valence-corrected chi connectivity index (χ4v) is 2.45. The van der Waals surface area contributed by atoms with Gasteiger partial charge in [0.05, 0.1) is 11.2 Å². The summed E-state index contributed by atoms with van der Waals surface area (Å²) in [6, 6.07) is 6.69. The summed E-state index contributed by atoms with van der Waals surface area (Å²) in [6.45, 7) is 3.64. The lowest BCUT2D eigenvalue weighted by atomic mass is 9.74. The van der Waals surface area contributed by atoms with Crippen molar-refractivity contribution in [3.05, 3.63) is 54.2 Å². The lowest BCUT2D eigenvalue weighted by molar-refractivity contribution is 0.265. The molecule has 0 amide bonds. The number of pyridine rings is 1. The zero-order valence-electron chi connectivity index (χ0n) is 11.0. The van der Waals surface area contributed by atoms with Gasteiger partial charge in [0.1, 0.15) is 17.3 Å². The van der Waals surface area contributed by atoms with Gasteiger partial charge >= 0.3 is 0 Å². The minimum Gasteiger partial charge on any atom is -0.357 e. The van der Waals surface area contributed by atoms with E-state index in [9.17, 15) is 4.39 Å². The Hall–Kier alpha value is -2.30. The predicted molar refractivity (Wildman–Crippen MR) is 75.5 cm³/mol. The zero-order chi connectivity index (χ0) is 14.0. The van der Waals surface area contributed by atoms with Crippen molar-refractivity contribution in [3.63, 3.8) is 0 Å². The van der Waals surface area contributed by atoms with E-state index in [1.807, 2.05) is 12.1 Å². The molecule has 0 bridgehead atoms. The molecule has 1 fully saturated rings. The van der Waals surface area contributed by atoms with Crippen molar-refractivity contribution in [1.29, 1.82) is 0 Å².